The Labute approximate surface area is 148 Å². The number of aliphatic hydroxyl groups excluding tert-OH is 1. The summed E-state index contributed by atoms with van der Waals surface area (Å²) in [6, 6.07) is 6.04. The van der Waals surface area contributed by atoms with Gasteiger partial charge in [-0.1, -0.05) is 0 Å². The van der Waals surface area contributed by atoms with E-state index in [4.69, 9.17) is 4.42 Å². The molecule has 3 rings (SSSR count). The Bertz CT molecular complexity index is 645. The van der Waals surface area contributed by atoms with Gasteiger partial charge in [-0.15, -0.1) is 0 Å². The van der Waals surface area contributed by atoms with Crippen LogP contribution in [0, 0.1) is 0 Å². The summed E-state index contributed by atoms with van der Waals surface area (Å²) in [5.41, 5.74) is 2.26. The average molecular weight is 343 g/mol. The first-order chi connectivity index (χ1) is 12.3. The van der Waals surface area contributed by atoms with Crippen molar-refractivity contribution in [2.24, 2.45) is 0 Å². The molecule has 0 saturated carbocycles. The summed E-state index contributed by atoms with van der Waals surface area (Å²) < 4.78 is 5.14. The largest absolute Gasteiger partial charge is 0.472 e. The molecule has 0 aliphatic carbocycles. The van der Waals surface area contributed by atoms with Crippen molar-refractivity contribution in [2.75, 3.05) is 26.2 Å². The van der Waals surface area contributed by atoms with Crippen molar-refractivity contribution in [3.8, 4) is 0 Å². The Balaban J connectivity index is 1.54. The molecule has 1 aliphatic heterocycles. The molecule has 25 heavy (non-hydrogen) atoms. The molecule has 6 nitrogen and oxygen atoms in total. The standard InChI is InChI=1S/C19H25N3O3/c23-11-5-18-14-22(10-9-21(18)13-17-6-12-25-15-17)19(24)2-1-16-3-7-20-8-4-16/h3-4,6-8,12,15,18,23H,1-2,5,9-11,13-14H2. The van der Waals surface area contributed by atoms with E-state index in [1.165, 1.54) is 0 Å². The zero-order valence-electron chi connectivity index (χ0n) is 14.4. The van der Waals surface area contributed by atoms with Crippen LogP contribution in [0.5, 0.6) is 0 Å². The minimum Gasteiger partial charge on any atom is -0.472 e. The summed E-state index contributed by atoms with van der Waals surface area (Å²) in [5, 5.41) is 9.38. The number of carbonyl (C=O) groups is 1. The lowest BCUT2D eigenvalue weighted by atomic mass is 10.1. The fourth-order valence-electron chi connectivity index (χ4n) is 3.33. The zero-order chi connectivity index (χ0) is 17.5. The van der Waals surface area contributed by atoms with Crippen LogP contribution in [0.4, 0.5) is 0 Å². The van der Waals surface area contributed by atoms with E-state index in [0.29, 0.717) is 19.4 Å². The van der Waals surface area contributed by atoms with Crippen molar-refractivity contribution in [2.45, 2.75) is 31.8 Å². The molecule has 2 aromatic heterocycles. The number of hydrogen-bond donors (Lipinski definition) is 1. The summed E-state index contributed by atoms with van der Waals surface area (Å²) in [7, 11) is 0. The van der Waals surface area contributed by atoms with Gasteiger partial charge in [-0.3, -0.25) is 14.7 Å². The molecule has 0 bridgehead atoms. The maximum absolute atomic E-state index is 12.6. The first-order valence-electron chi connectivity index (χ1n) is 8.79. The minimum absolute atomic E-state index is 0.131. The molecule has 134 valence electrons. The van der Waals surface area contributed by atoms with Crippen LogP contribution in [0.15, 0.2) is 47.5 Å². The molecule has 1 N–H and O–H groups in total. The smallest absolute Gasteiger partial charge is 0.222 e. The Morgan fingerprint density at radius 3 is 2.80 bits per heavy atom. The van der Waals surface area contributed by atoms with E-state index in [1.54, 1.807) is 24.9 Å². The number of pyridine rings is 1. The molecule has 1 fully saturated rings. The van der Waals surface area contributed by atoms with E-state index in [0.717, 1.165) is 37.2 Å². The number of aryl methyl sites for hydroxylation is 1. The Kier molecular flexibility index (Phi) is 6.19. The molecule has 1 unspecified atom stereocenters. The van der Waals surface area contributed by atoms with Gasteiger partial charge in [-0.2, -0.15) is 0 Å². The number of rotatable bonds is 7. The minimum atomic E-state index is 0.131. The van der Waals surface area contributed by atoms with Crippen LogP contribution in [0.25, 0.3) is 0 Å². The topological polar surface area (TPSA) is 69.8 Å². The van der Waals surface area contributed by atoms with Gasteiger partial charge in [0.15, 0.2) is 0 Å². The van der Waals surface area contributed by atoms with E-state index in [2.05, 4.69) is 9.88 Å². The molecule has 6 heteroatoms. The van der Waals surface area contributed by atoms with Gasteiger partial charge in [0.05, 0.1) is 12.5 Å². The molecule has 1 aliphatic rings. The zero-order valence-corrected chi connectivity index (χ0v) is 14.4. The normalized spacial score (nSPS) is 18.4. The van der Waals surface area contributed by atoms with E-state index < -0.39 is 0 Å². The summed E-state index contributed by atoms with van der Waals surface area (Å²) in [6.07, 6.45) is 8.86. The van der Waals surface area contributed by atoms with Crippen LogP contribution >= 0.6 is 0 Å². The molecule has 0 aromatic carbocycles. The van der Waals surface area contributed by atoms with E-state index in [9.17, 15) is 9.90 Å². The van der Waals surface area contributed by atoms with Crippen LogP contribution in [0.2, 0.25) is 0 Å². The fourth-order valence-corrected chi connectivity index (χ4v) is 3.33. The van der Waals surface area contributed by atoms with Gasteiger partial charge in [-0.05, 0) is 36.6 Å². The molecule has 1 amide bonds. The highest BCUT2D eigenvalue weighted by Crippen LogP contribution is 2.18. The van der Waals surface area contributed by atoms with Crippen LogP contribution in [-0.4, -0.2) is 58.1 Å². The van der Waals surface area contributed by atoms with Gasteiger partial charge < -0.3 is 14.4 Å². The average Bonchev–Trinajstić information content (AvgIpc) is 3.15. The lowest BCUT2D eigenvalue weighted by Crippen LogP contribution is -2.54. The predicted octanol–water partition coefficient (Wildman–Crippen LogP) is 1.70. The second kappa shape index (κ2) is 8.78. The predicted molar refractivity (Wildman–Crippen MR) is 93.7 cm³/mol. The van der Waals surface area contributed by atoms with Crippen LogP contribution in [0.1, 0.15) is 24.0 Å². The quantitative estimate of drug-likeness (QED) is 0.829. The van der Waals surface area contributed by atoms with Crippen LogP contribution < -0.4 is 0 Å². The molecule has 1 saturated heterocycles. The SMILES string of the molecule is O=C(CCc1ccncc1)N1CCN(Cc2ccoc2)C(CCO)C1. The second-order valence-corrected chi connectivity index (χ2v) is 6.46. The number of aliphatic hydroxyl groups is 1. The van der Waals surface area contributed by atoms with Crippen molar-refractivity contribution in [3.05, 3.63) is 54.2 Å². The first-order valence-corrected chi connectivity index (χ1v) is 8.79. The van der Waals surface area contributed by atoms with Crippen molar-refractivity contribution < 1.29 is 14.3 Å². The number of furan rings is 1. The third-order valence-corrected chi connectivity index (χ3v) is 4.76. The molecular formula is C19H25N3O3. The molecule has 0 spiro atoms. The maximum Gasteiger partial charge on any atom is 0.222 e. The van der Waals surface area contributed by atoms with Gasteiger partial charge in [0, 0.05) is 63.2 Å². The monoisotopic (exact) mass is 343 g/mol. The van der Waals surface area contributed by atoms with Crippen LogP contribution in [0.3, 0.4) is 0 Å². The lowest BCUT2D eigenvalue weighted by molar-refractivity contribution is -0.134. The summed E-state index contributed by atoms with van der Waals surface area (Å²) in [6.45, 7) is 3.14. The van der Waals surface area contributed by atoms with Crippen molar-refractivity contribution in [3.63, 3.8) is 0 Å². The summed E-state index contributed by atoms with van der Waals surface area (Å²) in [4.78, 5) is 20.8. The van der Waals surface area contributed by atoms with Gasteiger partial charge in [0.2, 0.25) is 5.91 Å². The number of aromatic nitrogens is 1. The third kappa shape index (κ3) is 4.90. The van der Waals surface area contributed by atoms with Gasteiger partial charge >= 0.3 is 0 Å². The molecule has 0 radical (unpaired) electrons. The van der Waals surface area contributed by atoms with E-state index in [-0.39, 0.29) is 18.6 Å². The molecule has 2 aromatic rings. The van der Waals surface area contributed by atoms with Gasteiger partial charge in [-0.25, -0.2) is 0 Å². The van der Waals surface area contributed by atoms with Crippen LogP contribution in [-0.2, 0) is 17.8 Å². The first kappa shape index (κ1) is 17.6. The number of amides is 1. The van der Waals surface area contributed by atoms with Crippen molar-refractivity contribution >= 4 is 5.91 Å². The highest BCUT2D eigenvalue weighted by atomic mass is 16.3. The third-order valence-electron chi connectivity index (χ3n) is 4.76. The van der Waals surface area contributed by atoms with Crippen molar-refractivity contribution in [1.82, 2.24) is 14.8 Å². The van der Waals surface area contributed by atoms with Gasteiger partial charge in [0.25, 0.3) is 0 Å². The highest BCUT2D eigenvalue weighted by Gasteiger charge is 2.29. The Hall–Kier alpha value is -2.18. The number of nitrogens with zero attached hydrogens (tertiary/aromatic N) is 3. The number of hydrogen-bond acceptors (Lipinski definition) is 5. The summed E-state index contributed by atoms with van der Waals surface area (Å²) in [5.74, 6) is 0.183. The number of carbonyl (C=O) groups excluding carboxylic acids is 1. The Morgan fingerprint density at radius 2 is 2.08 bits per heavy atom. The lowest BCUT2D eigenvalue weighted by Gasteiger charge is -2.41. The van der Waals surface area contributed by atoms with E-state index in [1.807, 2.05) is 23.1 Å². The number of piperazine rings is 1. The summed E-state index contributed by atoms with van der Waals surface area (Å²) >= 11 is 0. The molecular weight excluding hydrogens is 318 g/mol. The Morgan fingerprint density at radius 1 is 1.24 bits per heavy atom. The van der Waals surface area contributed by atoms with E-state index >= 15 is 0 Å². The fraction of sp³-hybridized carbons (Fsp3) is 0.474. The second-order valence-electron chi connectivity index (χ2n) is 6.46. The van der Waals surface area contributed by atoms with Crippen molar-refractivity contribution in [1.29, 1.82) is 0 Å². The highest BCUT2D eigenvalue weighted by molar-refractivity contribution is 5.76. The molecule has 1 atom stereocenters. The molecule has 3 heterocycles. The van der Waals surface area contributed by atoms with Gasteiger partial charge in [0.1, 0.15) is 0 Å². The maximum atomic E-state index is 12.6.